The fourth-order valence-corrected chi connectivity index (χ4v) is 3.51. The Morgan fingerprint density at radius 3 is 2.46 bits per heavy atom. The second-order valence-electron chi connectivity index (χ2n) is 5.43. The Hall–Kier alpha value is -2.92. The number of carboxylic acids is 1. The Morgan fingerprint density at radius 2 is 1.93 bits per heavy atom. The van der Waals surface area contributed by atoms with Crippen molar-refractivity contribution < 1.29 is 23.1 Å². The number of nitrogens with zero attached hydrogens (tertiary/aromatic N) is 2. The van der Waals surface area contributed by atoms with Crippen LogP contribution in [0.4, 0.5) is 30.8 Å². The van der Waals surface area contributed by atoms with Gasteiger partial charge in [0.2, 0.25) is 11.9 Å². The first-order valence-corrected chi connectivity index (χ1v) is 8.70. The quantitative estimate of drug-likeness (QED) is 0.466. The SMILES string of the molecule is Nc1nc(Nc2cc(Cl)c(Sc3ccc(C(=O)O)cc3)c(C(F)(F)F)c2)n[nH]1. The molecule has 3 rings (SSSR count). The van der Waals surface area contributed by atoms with Crippen molar-refractivity contribution in [3.63, 3.8) is 0 Å². The lowest BCUT2D eigenvalue weighted by molar-refractivity contribution is -0.139. The smallest absolute Gasteiger partial charge is 0.417 e. The molecule has 28 heavy (non-hydrogen) atoms. The van der Waals surface area contributed by atoms with Crippen LogP contribution in [0.3, 0.4) is 0 Å². The van der Waals surface area contributed by atoms with E-state index in [9.17, 15) is 18.0 Å². The number of nitrogen functional groups attached to an aromatic ring is 1. The zero-order valence-corrected chi connectivity index (χ0v) is 15.3. The summed E-state index contributed by atoms with van der Waals surface area (Å²) in [5.74, 6) is -1.14. The van der Waals surface area contributed by atoms with Gasteiger partial charge < -0.3 is 16.2 Å². The van der Waals surface area contributed by atoms with Gasteiger partial charge in [0.15, 0.2) is 0 Å². The highest BCUT2D eigenvalue weighted by Crippen LogP contribution is 2.45. The third kappa shape index (κ3) is 4.49. The molecule has 0 spiro atoms. The molecule has 0 aliphatic heterocycles. The lowest BCUT2D eigenvalue weighted by Gasteiger charge is -2.16. The maximum atomic E-state index is 13.6. The fraction of sp³-hybridized carbons (Fsp3) is 0.0625. The van der Waals surface area contributed by atoms with Crippen molar-refractivity contribution in [2.24, 2.45) is 0 Å². The van der Waals surface area contributed by atoms with Crippen LogP contribution in [-0.2, 0) is 6.18 Å². The first-order valence-electron chi connectivity index (χ1n) is 7.50. The molecular weight excluding hydrogens is 419 g/mol. The maximum absolute atomic E-state index is 13.6. The molecule has 12 heteroatoms. The minimum atomic E-state index is -4.68. The van der Waals surface area contributed by atoms with Crippen LogP contribution in [0.2, 0.25) is 5.02 Å². The number of benzene rings is 2. The van der Waals surface area contributed by atoms with Gasteiger partial charge >= 0.3 is 12.1 Å². The number of aromatic carboxylic acids is 1. The Balaban J connectivity index is 1.96. The van der Waals surface area contributed by atoms with E-state index in [1.54, 1.807) is 0 Å². The second-order valence-corrected chi connectivity index (χ2v) is 6.92. The van der Waals surface area contributed by atoms with E-state index in [-0.39, 0.29) is 33.1 Å². The summed E-state index contributed by atoms with van der Waals surface area (Å²) in [6.07, 6.45) is -4.68. The fourth-order valence-electron chi connectivity index (χ4n) is 2.22. The molecular formula is C16H11ClF3N5O2S. The lowest BCUT2D eigenvalue weighted by atomic mass is 10.2. The summed E-state index contributed by atoms with van der Waals surface area (Å²) < 4.78 is 40.8. The number of carbonyl (C=O) groups is 1. The van der Waals surface area contributed by atoms with Crippen LogP contribution >= 0.6 is 23.4 Å². The molecule has 0 saturated carbocycles. The number of anilines is 3. The standard InChI is InChI=1S/C16H11ClF3N5O2S/c17-11-6-8(22-15-23-14(21)24-25-15)5-10(16(18,19)20)12(11)28-9-3-1-7(2-4-9)13(26)27/h1-6H,(H,26,27)(H4,21,22,23,24,25). The van der Waals surface area contributed by atoms with E-state index in [1.165, 1.54) is 30.3 Å². The molecule has 7 nitrogen and oxygen atoms in total. The summed E-state index contributed by atoms with van der Waals surface area (Å²) >= 11 is 6.89. The lowest BCUT2D eigenvalue weighted by Crippen LogP contribution is -2.08. The van der Waals surface area contributed by atoms with Gasteiger partial charge in [-0.25, -0.2) is 9.89 Å². The number of alkyl halides is 3. The van der Waals surface area contributed by atoms with Crippen molar-refractivity contribution in [3.8, 4) is 0 Å². The number of hydrogen-bond donors (Lipinski definition) is 4. The molecule has 0 bridgehead atoms. The number of carboxylic acid groups (broad SMARTS) is 1. The van der Waals surface area contributed by atoms with Gasteiger partial charge in [0.05, 0.1) is 16.1 Å². The normalized spacial score (nSPS) is 11.4. The number of halogens is 4. The molecule has 1 aromatic heterocycles. The van der Waals surface area contributed by atoms with Crippen LogP contribution in [0.25, 0.3) is 0 Å². The van der Waals surface area contributed by atoms with Gasteiger partial charge in [0, 0.05) is 15.5 Å². The molecule has 2 aromatic carbocycles. The van der Waals surface area contributed by atoms with E-state index >= 15 is 0 Å². The van der Waals surface area contributed by atoms with Crippen LogP contribution in [0.15, 0.2) is 46.2 Å². The van der Waals surface area contributed by atoms with E-state index < -0.39 is 17.7 Å². The van der Waals surface area contributed by atoms with E-state index in [0.717, 1.165) is 17.8 Å². The minimum absolute atomic E-state index is 0.00150. The maximum Gasteiger partial charge on any atom is 0.417 e. The Morgan fingerprint density at radius 1 is 1.25 bits per heavy atom. The van der Waals surface area contributed by atoms with Crippen molar-refractivity contribution in [2.75, 3.05) is 11.1 Å². The molecule has 0 saturated heterocycles. The van der Waals surface area contributed by atoms with Crippen LogP contribution in [0, 0.1) is 0 Å². The van der Waals surface area contributed by atoms with Crippen molar-refractivity contribution in [2.45, 2.75) is 16.0 Å². The van der Waals surface area contributed by atoms with E-state index in [2.05, 4.69) is 20.5 Å². The number of aromatic nitrogens is 3. The molecule has 0 fully saturated rings. The van der Waals surface area contributed by atoms with Gasteiger partial charge in [-0.2, -0.15) is 18.2 Å². The highest BCUT2D eigenvalue weighted by atomic mass is 35.5. The summed E-state index contributed by atoms with van der Waals surface area (Å²) in [6, 6.07) is 7.61. The van der Waals surface area contributed by atoms with Crippen LogP contribution in [0.1, 0.15) is 15.9 Å². The number of nitrogens with one attached hydrogen (secondary N) is 2. The Kier molecular flexibility index (Phi) is 5.38. The second kappa shape index (κ2) is 7.60. The minimum Gasteiger partial charge on any atom is -0.478 e. The summed E-state index contributed by atoms with van der Waals surface area (Å²) in [5.41, 5.74) is 4.48. The van der Waals surface area contributed by atoms with Gasteiger partial charge in [0.1, 0.15) is 0 Å². The zero-order chi connectivity index (χ0) is 20.5. The van der Waals surface area contributed by atoms with Crippen LogP contribution < -0.4 is 11.1 Å². The zero-order valence-electron chi connectivity index (χ0n) is 13.7. The number of H-pyrrole nitrogens is 1. The number of aromatic amines is 1. The summed E-state index contributed by atoms with van der Waals surface area (Å²) in [5, 5.41) is 17.4. The molecule has 5 N–H and O–H groups in total. The average molecular weight is 430 g/mol. The molecule has 0 aliphatic rings. The number of hydrogen-bond acceptors (Lipinski definition) is 6. The summed E-state index contributed by atoms with van der Waals surface area (Å²) in [4.78, 5) is 14.8. The molecule has 3 aromatic rings. The van der Waals surface area contributed by atoms with Crippen molar-refractivity contribution in [3.05, 3.63) is 52.5 Å². The van der Waals surface area contributed by atoms with Gasteiger partial charge in [0.25, 0.3) is 0 Å². The summed E-state index contributed by atoms with van der Waals surface area (Å²) in [7, 11) is 0. The average Bonchev–Trinajstić information content (AvgIpc) is 3.01. The molecule has 0 atom stereocenters. The first kappa shape index (κ1) is 19.8. The Labute approximate surface area is 165 Å². The van der Waals surface area contributed by atoms with Gasteiger partial charge in [-0.3, -0.25) is 0 Å². The summed E-state index contributed by atoms with van der Waals surface area (Å²) in [6.45, 7) is 0. The number of nitrogens with two attached hydrogens (primary N) is 1. The molecule has 0 unspecified atom stereocenters. The van der Waals surface area contributed by atoms with Gasteiger partial charge in [-0.05, 0) is 36.4 Å². The van der Waals surface area contributed by atoms with Gasteiger partial charge in [-0.1, -0.05) is 23.4 Å². The molecule has 1 heterocycles. The van der Waals surface area contributed by atoms with Crippen LogP contribution in [-0.4, -0.2) is 26.3 Å². The van der Waals surface area contributed by atoms with Crippen LogP contribution in [0.5, 0.6) is 0 Å². The molecule has 0 aliphatic carbocycles. The van der Waals surface area contributed by atoms with Crippen molar-refractivity contribution >= 4 is 46.9 Å². The van der Waals surface area contributed by atoms with E-state index in [4.69, 9.17) is 22.4 Å². The Bertz CT molecular complexity index is 1020. The molecule has 0 amide bonds. The predicted octanol–water partition coefficient (Wildman–Crippen LogP) is 4.65. The van der Waals surface area contributed by atoms with E-state index in [1.807, 2.05) is 0 Å². The van der Waals surface area contributed by atoms with E-state index in [0.29, 0.717) is 4.90 Å². The third-order valence-corrected chi connectivity index (χ3v) is 4.99. The molecule has 0 radical (unpaired) electrons. The van der Waals surface area contributed by atoms with Crippen molar-refractivity contribution in [1.82, 2.24) is 15.2 Å². The predicted molar refractivity (Wildman–Crippen MR) is 98.1 cm³/mol. The molecule has 146 valence electrons. The topological polar surface area (TPSA) is 117 Å². The highest BCUT2D eigenvalue weighted by molar-refractivity contribution is 7.99. The largest absolute Gasteiger partial charge is 0.478 e. The number of rotatable bonds is 5. The van der Waals surface area contributed by atoms with Gasteiger partial charge in [-0.15, -0.1) is 5.10 Å². The van der Waals surface area contributed by atoms with Crippen molar-refractivity contribution in [1.29, 1.82) is 0 Å². The first-order chi connectivity index (χ1) is 13.1. The monoisotopic (exact) mass is 429 g/mol. The third-order valence-electron chi connectivity index (χ3n) is 3.43. The highest BCUT2D eigenvalue weighted by Gasteiger charge is 2.35.